The van der Waals surface area contributed by atoms with Crippen LogP contribution in [0.1, 0.15) is 66.2 Å². The van der Waals surface area contributed by atoms with Gasteiger partial charge in [-0.25, -0.2) is 0 Å². The van der Waals surface area contributed by atoms with Crippen LogP contribution in [0.3, 0.4) is 0 Å². The van der Waals surface area contributed by atoms with Crippen LogP contribution in [-0.4, -0.2) is 36.6 Å². The summed E-state index contributed by atoms with van der Waals surface area (Å²) in [7, 11) is 0. The Morgan fingerprint density at radius 2 is 1.60 bits per heavy atom. The number of hydrogen-bond donors (Lipinski definition) is 1. The smallest absolute Gasteiger partial charge is 0.0195 e. The van der Waals surface area contributed by atoms with Gasteiger partial charge in [0, 0.05) is 25.2 Å². The Labute approximate surface area is 126 Å². The van der Waals surface area contributed by atoms with Crippen LogP contribution >= 0.6 is 0 Å². The number of rotatable bonds is 9. The lowest BCUT2D eigenvalue weighted by atomic mass is 9.93. The summed E-state index contributed by atoms with van der Waals surface area (Å²) < 4.78 is 0. The molecule has 2 heteroatoms. The van der Waals surface area contributed by atoms with Gasteiger partial charge >= 0.3 is 0 Å². The third-order valence-corrected chi connectivity index (χ3v) is 4.81. The molecule has 0 aromatic rings. The molecule has 0 bridgehead atoms. The molecule has 0 amide bonds. The monoisotopic (exact) mass is 280 g/mol. The van der Waals surface area contributed by atoms with E-state index < -0.39 is 0 Å². The van der Waals surface area contributed by atoms with Crippen molar-refractivity contribution in [3.05, 3.63) is 0 Å². The zero-order chi connectivity index (χ0) is 14.5. The summed E-state index contributed by atoms with van der Waals surface area (Å²) >= 11 is 0. The van der Waals surface area contributed by atoms with Crippen molar-refractivity contribution in [3.63, 3.8) is 0 Å². The molecule has 0 spiro atoms. The van der Waals surface area contributed by atoms with Crippen LogP contribution in [0.5, 0.6) is 0 Å². The maximum atomic E-state index is 3.70. The van der Waals surface area contributed by atoms with Crippen molar-refractivity contribution < 1.29 is 0 Å². The van der Waals surface area contributed by atoms with Gasteiger partial charge < -0.3 is 5.32 Å². The van der Waals surface area contributed by atoms with E-state index in [4.69, 9.17) is 0 Å². The molecule has 2 aliphatic rings. The largest absolute Gasteiger partial charge is 0.313 e. The van der Waals surface area contributed by atoms with Gasteiger partial charge in [-0.2, -0.15) is 0 Å². The second kappa shape index (κ2) is 7.79. The quantitative estimate of drug-likeness (QED) is 0.689. The van der Waals surface area contributed by atoms with E-state index in [1.165, 1.54) is 58.2 Å². The zero-order valence-electron chi connectivity index (χ0n) is 14.2. The number of nitrogens with zero attached hydrogens (tertiary/aromatic N) is 1. The predicted molar refractivity (Wildman–Crippen MR) is 88.0 cm³/mol. The van der Waals surface area contributed by atoms with Crippen molar-refractivity contribution in [2.24, 2.45) is 17.8 Å². The maximum absolute atomic E-state index is 3.70. The van der Waals surface area contributed by atoms with Crippen molar-refractivity contribution >= 4 is 0 Å². The zero-order valence-corrected chi connectivity index (χ0v) is 14.2. The van der Waals surface area contributed by atoms with E-state index in [9.17, 15) is 0 Å². The molecule has 1 saturated carbocycles. The second-order valence-corrected chi connectivity index (χ2v) is 8.10. The Bertz CT molecular complexity index is 255. The summed E-state index contributed by atoms with van der Waals surface area (Å²) in [5.41, 5.74) is 0. The standard InChI is InChI=1S/C18H36N2/c1-14(2)10-18(11-15(3)4)20(12-16-7-8-16)13-17-6-5-9-19-17/h14-19H,5-13H2,1-4H3. The van der Waals surface area contributed by atoms with E-state index >= 15 is 0 Å². The molecule has 1 aliphatic heterocycles. The van der Waals surface area contributed by atoms with E-state index in [1.807, 2.05) is 0 Å². The first-order valence-electron chi connectivity index (χ1n) is 9.02. The second-order valence-electron chi connectivity index (χ2n) is 8.10. The molecule has 0 radical (unpaired) electrons. The summed E-state index contributed by atoms with van der Waals surface area (Å²) in [4.78, 5) is 2.86. The minimum atomic E-state index is 0.760. The normalized spacial score (nSPS) is 23.7. The van der Waals surface area contributed by atoms with Crippen LogP contribution in [0.2, 0.25) is 0 Å². The van der Waals surface area contributed by atoms with Gasteiger partial charge in [-0.05, 0) is 62.8 Å². The lowest BCUT2D eigenvalue weighted by Crippen LogP contribution is -2.45. The van der Waals surface area contributed by atoms with Crippen molar-refractivity contribution in [2.75, 3.05) is 19.6 Å². The molecule has 1 saturated heterocycles. The van der Waals surface area contributed by atoms with Crippen LogP contribution in [0.4, 0.5) is 0 Å². The van der Waals surface area contributed by atoms with Crippen molar-refractivity contribution in [1.82, 2.24) is 10.2 Å². The van der Waals surface area contributed by atoms with E-state index in [2.05, 4.69) is 37.9 Å². The molecule has 1 unspecified atom stereocenters. The first-order chi connectivity index (χ1) is 9.54. The minimum Gasteiger partial charge on any atom is -0.313 e. The van der Waals surface area contributed by atoms with E-state index in [-0.39, 0.29) is 0 Å². The van der Waals surface area contributed by atoms with Crippen molar-refractivity contribution in [2.45, 2.75) is 78.3 Å². The Hall–Kier alpha value is -0.0800. The minimum absolute atomic E-state index is 0.760. The van der Waals surface area contributed by atoms with Crippen molar-refractivity contribution in [1.29, 1.82) is 0 Å². The van der Waals surface area contributed by atoms with Crippen molar-refractivity contribution in [3.8, 4) is 0 Å². The molecule has 1 N–H and O–H groups in total. The SMILES string of the molecule is CC(C)CC(CC(C)C)N(CC1CC1)CC1CCCN1. The highest BCUT2D eigenvalue weighted by molar-refractivity contribution is 4.86. The maximum Gasteiger partial charge on any atom is 0.0195 e. The summed E-state index contributed by atoms with van der Waals surface area (Å²) in [5, 5.41) is 3.70. The molecule has 2 fully saturated rings. The summed E-state index contributed by atoms with van der Waals surface area (Å²) in [6, 6.07) is 1.56. The average molecular weight is 280 g/mol. The fraction of sp³-hybridized carbons (Fsp3) is 1.00. The summed E-state index contributed by atoms with van der Waals surface area (Å²) in [5.74, 6) is 2.65. The highest BCUT2D eigenvalue weighted by Crippen LogP contribution is 2.32. The predicted octanol–water partition coefficient (Wildman–Crippen LogP) is 3.91. The van der Waals surface area contributed by atoms with Crippen LogP contribution < -0.4 is 5.32 Å². The third kappa shape index (κ3) is 5.73. The van der Waals surface area contributed by atoms with Gasteiger partial charge in [-0.15, -0.1) is 0 Å². The number of hydrogen-bond acceptors (Lipinski definition) is 2. The molecule has 1 atom stereocenters. The molecule has 2 nitrogen and oxygen atoms in total. The van der Waals surface area contributed by atoms with Gasteiger partial charge in [-0.3, -0.25) is 4.90 Å². The van der Waals surface area contributed by atoms with E-state index in [0.717, 1.165) is 29.8 Å². The molecule has 0 aromatic heterocycles. The van der Waals surface area contributed by atoms with Gasteiger partial charge in [-0.1, -0.05) is 27.7 Å². The Morgan fingerprint density at radius 1 is 0.950 bits per heavy atom. The topological polar surface area (TPSA) is 15.3 Å². The Balaban J connectivity index is 1.94. The van der Waals surface area contributed by atoms with Gasteiger partial charge in [0.05, 0.1) is 0 Å². The lowest BCUT2D eigenvalue weighted by Gasteiger charge is -2.36. The van der Waals surface area contributed by atoms with Gasteiger partial charge in [0.1, 0.15) is 0 Å². The number of nitrogens with one attached hydrogen (secondary N) is 1. The van der Waals surface area contributed by atoms with E-state index in [1.54, 1.807) is 0 Å². The van der Waals surface area contributed by atoms with Crippen LogP contribution in [0.25, 0.3) is 0 Å². The molecule has 2 rings (SSSR count). The Kier molecular flexibility index (Phi) is 6.35. The van der Waals surface area contributed by atoms with Crippen LogP contribution in [0.15, 0.2) is 0 Å². The highest BCUT2D eigenvalue weighted by Gasteiger charge is 2.30. The highest BCUT2D eigenvalue weighted by atomic mass is 15.2. The lowest BCUT2D eigenvalue weighted by molar-refractivity contribution is 0.134. The van der Waals surface area contributed by atoms with Crippen LogP contribution in [0, 0.1) is 17.8 Å². The third-order valence-electron chi connectivity index (χ3n) is 4.81. The van der Waals surface area contributed by atoms with Gasteiger partial charge in [0.2, 0.25) is 0 Å². The van der Waals surface area contributed by atoms with Crippen LogP contribution in [-0.2, 0) is 0 Å². The average Bonchev–Trinajstić information content (AvgIpc) is 3.00. The van der Waals surface area contributed by atoms with E-state index in [0.29, 0.717) is 0 Å². The Morgan fingerprint density at radius 3 is 2.05 bits per heavy atom. The molecular weight excluding hydrogens is 244 g/mol. The van der Waals surface area contributed by atoms with Gasteiger partial charge in [0.15, 0.2) is 0 Å². The molecule has 0 aromatic carbocycles. The molecular formula is C18H36N2. The first-order valence-corrected chi connectivity index (χ1v) is 9.02. The molecule has 20 heavy (non-hydrogen) atoms. The molecule has 1 aliphatic carbocycles. The fourth-order valence-corrected chi connectivity index (χ4v) is 3.68. The summed E-state index contributed by atoms with van der Waals surface area (Å²) in [6.07, 6.45) is 8.46. The molecule has 1 heterocycles. The first kappa shape index (κ1) is 16.3. The molecule has 118 valence electrons. The fourth-order valence-electron chi connectivity index (χ4n) is 3.68. The van der Waals surface area contributed by atoms with Gasteiger partial charge in [0.25, 0.3) is 0 Å². The summed E-state index contributed by atoms with van der Waals surface area (Å²) in [6.45, 7) is 13.4.